The van der Waals surface area contributed by atoms with Crippen molar-refractivity contribution in [3.05, 3.63) is 67.2 Å². The molecule has 2 aromatic carbocycles. The number of aldehydes is 1. The topological polar surface area (TPSA) is 17.1 Å². The number of carbonyl (C=O) groups excluding carboxylic acids is 1. The summed E-state index contributed by atoms with van der Waals surface area (Å²) in [6.07, 6.45) is 0.788. The molecule has 0 atom stereocenters. The van der Waals surface area contributed by atoms with Gasteiger partial charge in [0.25, 0.3) is 0 Å². The minimum absolute atomic E-state index is 0.652. The Morgan fingerprint density at radius 3 is 1.94 bits per heavy atom. The molecule has 0 aromatic heterocycles. The maximum absolute atomic E-state index is 10.1. The first-order valence-corrected chi connectivity index (χ1v) is 6.98. The summed E-state index contributed by atoms with van der Waals surface area (Å²) in [4.78, 5) is 10.1. The van der Waals surface area contributed by atoms with Crippen LogP contribution in [-0.2, 0) is 0 Å². The van der Waals surface area contributed by atoms with Gasteiger partial charge in [-0.15, -0.1) is 0 Å². The molecule has 0 aliphatic heterocycles. The Bertz CT molecular complexity index is 447. The highest BCUT2D eigenvalue weighted by atomic mass is 127. The van der Waals surface area contributed by atoms with Crippen molar-refractivity contribution in [2.45, 2.75) is 0 Å². The molecule has 0 N–H and O–H groups in total. The molecule has 0 unspecified atom stereocenters. The number of rotatable bonds is 1. The smallest absolute Gasteiger partial charge is 0.150 e. The molecule has 0 saturated carbocycles. The summed E-state index contributed by atoms with van der Waals surface area (Å²) < 4.78 is 2.41. The first kappa shape index (κ1) is 14.7. The molecule has 0 radical (unpaired) electrons. The Balaban J connectivity index is 0.000000171. The lowest BCUT2D eigenvalue weighted by Crippen LogP contribution is -1.74. The van der Waals surface area contributed by atoms with Gasteiger partial charge in [0.1, 0.15) is 6.29 Å². The summed E-state index contributed by atoms with van der Waals surface area (Å²) in [5.74, 6) is 0. The molecule has 88 valence electrons. The molecule has 0 fully saturated rings. The zero-order valence-corrected chi connectivity index (χ0v) is 13.2. The molecule has 0 heterocycles. The van der Waals surface area contributed by atoms with Crippen LogP contribution in [0, 0.1) is 3.57 Å². The molecule has 0 saturated heterocycles. The highest BCUT2D eigenvalue weighted by molar-refractivity contribution is 14.1. The summed E-state index contributed by atoms with van der Waals surface area (Å²) in [6, 6.07) is 14.9. The SMILES string of the molecule is Brc1ccc(I)cc1.O=Cc1ccc(Cl)cc1. The van der Waals surface area contributed by atoms with Crippen molar-refractivity contribution in [3.8, 4) is 0 Å². The van der Waals surface area contributed by atoms with E-state index in [4.69, 9.17) is 11.6 Å². The van der Waals surface area contributed by atoms with Gasteiger partial charge in [0, 0.05) is 18.6 Å². The summed E-state index contributed by atoms with van der Waals surface area (Å²) in [7, 11) is 0. The Kier molecular flexibility index (Phi) is 6.77. The average molecular weight is 423 g/mol. The van der Waals surface area contributed by atoms with Crippen molar-refractivity contribution in [2.75, 3.05) is 0 Å². The van der Waals surface area contributed by atoms with E-state index >= 15 is 0 Å². The van der Waals surface area contributed by atoms with E-state index < -0.39 is 0 Å². The molecular weight excluding hydrogens is 414 g/mol. The van der Waals surface area contributed by atoms with Gasteiger partial charge in [-0.3, -0.25) is 4.79 Å². The maximum Gasteiger partial charge on any atom is 0.150 e. The molecule has 1 nitrogen and oxygen atoms in total. The normalized spacial score (nSPS) is 9.12. The van der Waals surface area contributed by atoms with Crippen LogP contribution in [0.2, 0.25) is 5.02 Å². The van der Waals surface area contributed by atoms with Crippen LogP contribution in [0.5, 0.6) is 0 Å². The van der Waals surface area contributed by atoms with Crippen LogP contribution in [0.25, 0.3) is 0 Å². The van der Waals surface area contributed by atoms with E-state index in [0.29, 0.717) is 10.6 Å². The first-order chi connectivity index (χ1) is 8.11. The molecule has 0 bridgehead atoms. The summed E-state index contributed by atoms with van der Waals surface area (Å²) >= 11 is 11.2. The van der Waals surface area contributed by atoms with Gasteiger partial charge >= 0.3 is 0 Å². The second-order valence-electron chi connectivity index (χ2n) is 3.11. The summed E-state index contributed by atoms with van der Waals surface area (Å²) in [6.45, 7) is 0. The average Bonchev–Trinajstić information content (AvgIpc) is 2.35. The van der Waals surface area contributed by atoms with Crippen LogP contribution in [0.15, 0.2) is 53.0 Å². The van der Waals surface area contributed by atoms with Crippen LogP contribution < -0.4 is 0 Å². The van der Waals surface area contributed by atoms with Crippen molar-refractivity contribution >= 4 is 56.4 Å². The van der Waals surface area contributed by atoms with Crippen molar-refractivity contribution in [1.82, 2.24) is 0 Å². The summed E-state index contributed by atoms with van der Waals surface area (Å²) in [5.41, 5.74) is 0.652. The molecule has 0 amide bonds. The summed E-state index contributed by atoms with van der Waals surface area (Å²) in [5, 5.41) is 0.653. The number of hydrogen-bond acceptors (Lipinski definition) is 1. The van der Waals surface area contributed by atoms with Gasteiger partial charge in [-0.25, -0.2) is 0 Å². The molecule has 4 heteroatoms. The van der Waals surface area contributed by atoms with Gasteiger partial charge in [0.2, 0.25) is 0 Å². The number of benzene rings is 2. The van der Waals surface area contributed by atoms with Crippen molar-refractivity contribution in [1.29, 1.82) is 0 Å². The zero-order chi connectivity index (χ0) is 12.7. The lowest BCUT2D eigenvalue weighted by atomic mass is 10.2. The minimum atomic E-state index is 0.652. The van der Waals surface area contributed by atoms with Gasteiger partial charge in [0.15, 0.2) is 0 Å². The van der Waals surface area contributed by atoms with Crippen molar-refractivity contribution in [3.63, 3.8) is 0 Å². The van der Waals surface area contributed by atoms with Crippen molar-refractivity contribution < 1.29 is 4.79 Å². The molecule has 0 aliphatic carbocycles. The third kappa shape index (κ3) is 6.19. The van der Waals surface area contributed by atoms with E-state index in [0.717, 1.165) is 10.8 Å². The maximum atomic E-state index is 10.1. The molecular formula is C13H9BrClIO. The molecule has 0 aliphatic rings. The van der Waals surface area contributed by atoms with Crippen LogP contribution in [-0.4, -0.2) is 6.29 Å². The fourth-order valence-electron chi connectivity index (χ4n) is 0.971. The van der Waals surface area contributed by atoms with Crippen LogP contribution in [0.4, 0.5) is 0 Å². The van der Waals surface area contributed by atoms with E-state index in [1.165, 1.54) is 3.57 Å². The predicted molar refractivity (Wildman–Crippen MR) is 83.7 cm³/mol. The third-order valence-corrected chi connectivity index (χ3v) is 3.31. The van der Waals surface area contributed by atoms with E-state index in [1.54, 1.807) is 24.3 Å². The number of hydrogen-bond donors (Lipinski definition) is 0. The van der Waals surface area contributed by atoms with Crippen LogP contribution >= 0.6 is 50.1 Å². The molecule has 0 spiro atoms. The van der Waals surface area contributed by atoms with Gasteiger partial charge in [-0.1, -0.05) is 39.7 Å². The molecule has 2 rings (SSSR count). The van der Waals surface area contributed by atoms with Gasteiger partial charge < -0.3 is 0 Å². The van der Waals surface area contributed by atoms with Crippen LogP contribution in [0.3, 0.4) is 0 Å². The zero-order valence-electron chi connectivity index (χ0n) is 8.74. The quantitative estimate of drug-likeness (QED) is 0.455. The minimum Gasteiger partial charge on any atom is -0.298 e. The highest BCUT2D eigenvalue weighted by Crippen LogP contribution is 2.11. The Hall–Kier alpha value is -0.390. The van der Waals surface area contributed by atoms with E-state index in [9.17, 15) is 4.79 Å². The Morgan fingerprint density at radius 1 is 1.00 bits per heavy atom. The lowest BCUT2D eigenvalue weighted by Gasteiger charge is -1.87. The predicted octanol–water partition coefficient (Wildman–Crippen LogP) is 5.21. The fraction of sp³-hybridized carbons (Fsp3) is 0. The second kappa shape index (κ2) is 7.84. The second-order valence-corrected chi connectivity index (χ2v) is 5.70. The van der Waals surface area contributed by atoms with E-state index in [1.807, 2.05) is 12.1 Å². The number of carbonyl (C=O) groups is 1. The van der Waals surface area contributed by atoms with Gasteiger partial charge in [0.05, 0.1) is 0 Å². The fourth-order valence-corrected chi connectivity index (χ4v) is 1.72. The molecule has 2 aromatic rings. The standard InChI is InChI=1S/C7H5ClO.C6H4BrI/c8-7-3-1-6(5-9)2-4-7;7-5-1-3-6(8)4-2-5/h1-5H;1-4H. The van der Waals surface area contributed by atoms with Gasteiger partial charge in [-0.2, -0.15) is 0 Å². The van der Waals surface area contributed by atoms with Gasteiger partial charge in [-0.05, 0) is 59.0 Å². The largest absolute Gasteiger partial charge is 0.298 e. The van der Waals surface area contributed by atoms with E-state index in [-0.39, 0.29) is 0 Å². The Morgan fingerprint density at radius 2 is 1.53 bits per heavy atom. The first-order valence-electron chi connectivity index (χ1n) is 4.73. The van der Waals surface area contributed by atoms with E-state index in [2.05, 4.69) is 50.7 Å². The molecule has 17 heavy (non-hydrogen) atoms. The number of halogens is 3. The van der Waals surface area contributed by atoms with Crippen molar-refractivity contribution in [2.24, 2.45) is 0 Å². The Labute approximate surface area is 127 Å². The highest BCUT2D eigenvalue weighted by Gasteiger charge is 1.86. The third-order valence-electron chi connectivity index (χ3n) is 1.81. The monoisotopic (exact) mass is 422 g/mol. The van der Waals surface area contributed by atoms with Crippen LogP contribution in [0.1, 0.15) is 10.4 Å². The lowest BCUT2D eigenvalue weighted by molar-refractivity contribution is 0.112.